The summed E-state index contributed by atoms with van der Waals surface area (Å²) in [4.78, 5) is 21.5. The fourth-order valence-electron chi connectivity index (χ4n) is 2.32. The molecule has 1 aliphatic rings. The zero-order valence-corrected chi connectivity index (χ0v) is 10.3. The Balaban J connectivity index is 2.32. The minimum atomic E-state index is -1.39. The smallest absolute Gasteiger partial charge is 0.423 e. The maximum absolute atomic E-state index is 11.4. The van der Waals surface area contributed by atoms with Crippen molar-refractivity contribution in [1.29, 1.82) is 0 Å². The van der Waals surface area contributed by atoms with E-state index in [1.54, 1.807) is 5.43 Å². The Kier molecular flexibility index (Phi) is 5.87. The van der Waals surface area contributed by atoms with Crippen LogP contribution >= 0.6 is 0 Å². The first-order chi connectivity index (χ1) is 8.50. The number of hydrogen-bond acceptors (Lipinski definition) is 4. The number of rotatable bonds is 4. The van der Waals surface area contributed by atoms with E-state index in [9.17, 15) is 14.7 Å². The van der Waals surface area contributed by atoms with Crippen LogP contribution in [-0.4, -0.2) is 34.4 Å². The Bertz CT molecular complexity index is 292. The number of nitrogens with two attached hydrogens (primary N) is 1. The van der Waals surface area contributed by atoms with E-state index >= 15 is 0 Å². The monoisotopic (exact) mass is 259 g/mol. The first-order valence-corrected chi connectivity index (χ1v) is 6.23. The van der Waals surface area contributed by atoms with Gasteiger partial charge in [-0.05, 0) is 12.3 Å². The summed E-state index contributed by atoms with van der Waals surface area (Å²) in [6, 6.07) is -0.663. The molecule has 1 aliphatic carbocycles. The molecule has 1 saturated carbocycles. The Labute approximate surface area is 106 Å². The van der Waals surface area contributed by atoms with E-state index in [2.05, 4.69) is 0 Å². The van der Waals surface area contributed by atoms with Crippen LogP contribution in [0.2, 0.25) is 0 Å². The SMILES string of the molecule is N[C@H](CC1CCCCC1)C(O)C(=O)NNC(=O)O. The van der Waals surface area contributed by atoms with E-state index in [-0.39, 0.29) is 0 Å². The van der Waals surface area contributed by atoms with Gasteiger partial charge in [-0.25, -0.2) is 10.2 Å². The van der Waals surface area contributed by atoms with Crippen LogP contribution in [0.4, 0.5) is 4.79 Å². The minimum absolute atomic E-state index is 0.448. The molecule has 0 heterocycles. The van der Waals surface area contributed by atoms with Gasteiger partial charge in [0.15, 0.2) is 0 Å². The van der Waals surface area contributed by atoms with Crippen LogP contribution in [0.1, 0.15) is 38.5 Å². The molecule has 7 heteroatoms. The van der Waals surface area contributed by atoms with Crippen molar-refractivity contribution in [3.05, 3.63) is 0 Å². The highest BCUT2D eigenvalue weighted by molar-refractivity contribution is 5.82. The molecule has 0 aromatic rings. The van der Waals surface area contributed by atoms with E-state index in [1.807, 2.05) is 5.43 Å². The highest BCUT2D eigenvalue weighted by Crippen LogP contribution is 2.27. The molecule has 18 heavy (non-hydrogen) atoms. The van der Waals surface area contributed by atoms with Crippen LogP contribution in [0, 0.1) is 5.92 Å². The summed E-state index contributed by atoms with van der Waals surface area (Å²) in [5.74, 6) is -0.371. The van der Waals surface area contributed by atoms with E-state index in [0.717, 1.165) is 12.8 Å². The minimum Gasteiger partial charge on any atom is -0.464 e. The fourth-order valence-corrected chi connectivity index (χ4v) is 2.32. The lowest BCUT2D eigenvalue weighted by Gasteiger charge is -2.26. The van der Waals surface area contributed by atoms with Gasteiger partial charge >= 0.3 is 6.09 Å². The van der Waals surface area contributed by atoms with E-state index < -0.39 is 24.1 Å². The van der Waals surface area contributed by atoms with Gasteiger partial charge in [0.25, 0.3) is 5.91 Å². The summed E-state index contributed by atoms with van der Waals surface area (Å²) < 4.78 is 0. The van der Waals surface area contributed by atoms with Gasteiger partial charge in [0.1, 0.15) is 6.10 Å². The molecule has 0 spiro atoms. The first-order valence-electron chi connectivity index (χ1n) is 6.23. The fraction of sp³-hybridized carbons (Fsp3) is 0.818. The van der Waals surface area contributed by atoms with Crippen LogP contribution in [0.3, 0.4) is 0 Å². The summed E-state index contributed by atoms with van der Waals surface area (Å²) in [6.07, 6.45) is 3.53. The molecule has 2 amide bonds. The van der Waals surface area contributed by atoms with Crippen molar-refractivity contribution < 1.29 is 19.8 Å². The average molecular weight is 259 g/mol. The lowest BCUT2D eigenvalue weighted by atomic mass is 9.84. The predicted molar refractivity (Wildman–Crippen MR) is 64.5 cm³/mol. The van der Waals surface area contributed by atoms with Crippen molar-refractivity contribution in [2.45, 2.75) is 50.7 Å². The number of aliphatic hydroxyl groups excluding tert-OH is 1. The molecular formula is C11H21N3O4. The van der Waals surface area contributed by atoms with E-state index in [1.165, 1.54) is 19.3 Å². The third-order valence-electron chi connectivity index (χ3n) is 3.30. The summed E-state index contributed by atoms with van der Waals surface area (Å²) >= 11 is 0. The maximum Gasteiger partial charge on any atom is 0.423 e. The molecule has 0 aromatic heterocycles. The third kappa shape index (κ3) is 4.89. The zero-order valence-electron chi connectivity index (χ0n) is 10.3. The molecule has 0 aromatic carbocycles. The quantitative estimate of drug-likeness (QED) is 0.452. The molecule has 1 rings (SSSR count). The molecule has 0 radical (unpaired) electrons. The van der Waals surface area contributed by atoms with Crippen molar-refractivity contribution in [3.8, 4) is 0 Å². The van der Waals surface area contributed by atoms with E-state index in [4.69, 9.17) is 10.8 Å². The highest BCUT2D eigenvalue weighted by atomic mass is 16.4. The molecule has 104 valence electrons. The number of aliphatic hydroxyl groups is 1. The maximum atomic E-state index is 11.4. The second-order valence-electron chi connectivity index (χ2n) is 4.77. The first kappa shape index (κ1) is 14.7. The number of amides is 2. The van der Waals surface area contributed by atoms with Gasteiger partial charge in [0.2, 0.25) is 0 Å². The van der Waals surface area contributed by atoms with Crippen LogP contribution < -0.4 is 16.6 Å². The normalized spacial score (nSPS) is 19.9. The van der Waals surface area contributed by atoms with Crippen LogP contribution in [0.5, 0.6) is 0 Å². The second kappa shape index (κ2) is 7.17. The largest absolute Gasteiger partial charge is 0.464 e. The van der Waals surface area contributed by atoms with Gasteiger partial charge in [-0.3, -0.25) is 10.2 Å². The summed E-state index contributed by atoms with van der Waals surface area (Å²) in [5, 5.41) is 18.0. The Hall–Kier alpha value is -1.34. The van der Waals surface area contributed by atoms with Gasteiger partial charge in [-0.1, -0.05) is 32.1 Å². The highest BCUT2D eigenvalue weighted by Gasteiger charge is 2.26. The molecule has 6 N–H and O–H groups in total. The standard InChI is InChI=1S/C11H21N3O4/c12-8(6-7-4-2-1-3-5-7)9(15)10(16)13-14-11(17)18/h7-9,14-15H,1-6,12H2,(H,13,16)(H,17,18)/t8-,9?/m1/s1. The Morgan fingerprint density at radius 2 is 1.83 bits per heavy atom. The molecule has 7 nitrogen and oxygen atoms in total. The molecule has 0 saturated heterocycles. The Morgan fingerprint density at radius 3 is 2.39 bits per heavy atom. The van der Waals surface area contributed by atoms with Crippen LogP contribution in [-0.2, 0) is 4.79 Å². The van der Waals surface area contributed by atoms with Gasteiger partial charge in [0, 0.05) is 6.04 Å². The average Bonchev–Trinajstić information content (AvgIpc) is 2.36. The Morgan fingerprint density at radius 1 is 1.22 bits per heavy atom. The topological polar surface area (TPSA) is 125 Å². The number of hydrazine groups is 1. The number of carbonyl (C=O) groups excluding carboxylic acids is 1. The number of carbonyl (C=O) groups is 2. The molecule has 0 aliphatic heterocycles. The number of carboxylic acid groups (broad SMARTS) is 1. The van der Waals surface area contributed by atoms with Crippen molar-refractivity contribution in [2.24, 2.45) is 11.7 Å². The molecule has 1 unspecified atom stereocenters. The summed E-state index contributed by atoms with van der Waals surface area (Å²) in [6.45, 7) is 0. The van der Waals surface area contributed by atoms with Crippen LogP contribution in [0.15, 0.2) is 0 Å². The van der Waals surface area contributed by atoms with Gasteiger partial charge in [-0.15, -0.1) is 0 Å². The second-order valence-corrected chi connectivity index (χ2v) is 4.77. The molecular weight excluding hydrogens is 238 g/mol. The van der Waals surface area contributed by atoms with Crippen LogP contribution in [0.25, 0.3) is 0 Å². The lowest BCUT2D eigenvalue weighted by molar-refractivity contribution is -0.131. The summed E-state index contributed by atoms with van der Waals surface area (Å²) in [7, 11) is 0. The van der Waals surface area contributed by atoms with Crippen molar-refractivity contribution >= 4 is 12.0 Å². The predicted octanol–water partition coefficient (Wildman–Crippen LogP) is -0.0562. The molecule has 2 atom stereocenters. The third-order valence-corrected chi connectivity index (χ3v) is 3.30. The van der Waals surface area contributed by atoms with Gasteiger partial charge in [-0.2, -0.15) is 0 Å². The van der Waals surface area contributed by atoms with Crippen molar-refractivity contribution in [3.63, 3.8) is 0 Å². The lowest BCUT2D eigenvalue weighted by Crippen LogP contribution is -2.52. The number of hydrogen-bond donors (Lipinski definition) is 5. The van der Waals surface area contributed by atoms with Gasteiger partial charge < -0.3 is 15.9 Å². The number of nitrogens with one attached hydrogen (secondary N) is 2. The van der Waals surface area contributed by atoms with E-state index in [0.29, 0.717) is 12.3 Å². The summed E-state index contributed by atoms with van der Waals surface area (Å²) in [5.41, 5.74) is 9.34. The molecule has 1 fully saturated rings. The van der Waals surface area contributed by atoms with Crippen molar-refractivity contribution in [1.82, 2.24) is 10.9 Å². The zero-order chi connectivity index (χ0) is 13.5. The molecule has 0 bridgehead atoms. The van der Waals surface area contributed by atoms with Gasteiger partial charge in [0.05, 0.1) is 0 Å². The van der Waals surface area contributed by atoms with Crippen molar-refractivity contribution in [2.75, 3.05) is 0 Å².